The lowest BCUT2D eigenvalue weighted by molar-refractivity contribution is -0.124. The molecular formula is C25H27N3O4S. The molecule has 0 radical (unpaired) electrons. The van der Waals surface area contributed by atoms with Gasteiger partial charge in [0.15, 0.2) is 0 Å². The van der Waals surface area contributed by atoms with E-state index in [-0.39, 0.29) is 4.90 Å². The van der Waals surface area contributed by atoms with Gasteiger partial charge in [-0.1, -0.05) is 42.0 Å². The van der Waals surface area contributed by atoms with Crippen molar-refractivity contribution >= 4 is 15.9 Å². The number of ether oxygens (including phenoxy) is 1. The van der Waals surface area contributed by atoms with E-state index in [2.05, 4.69) is 42.6 Å². The quantitative estimate of drug-likeness (QED) is 0.599. The highest BCUT2D eigenvalue weighted by atomic mass is 32.2. The maximum absolute atomic E-state index is 13.4. The third-order valence-corrected chi connectivity index (χ3v) is 7.33. The topological polar surface area (TPSA) is 88.6 Å². The Bertz CT molecular complexity index is 1280. The molecule has 0 saturated heterocycles. The maximum Gasteiger partial charge on any atom is 0.265 e. The number of aryl methyl sites for hydroxylation is 3. The summed E-state index contributed by atoms with van der Waals surface area (Å²) >= 11 is 0. The zero-order valence-electron chi connectivity index (χ0n) is 19.1. The van der Waals surface area contributed by atoms with Gasteiger partial charge in [0.25, 0.3) is 15.9 Å². The minimum absolute atomic E-state index is 0.0975. The van der Waals surface area contributed by atoms with E-state index < -0.39 is 22.0 Å². The fourth-order valence-electron chi connectivity index (χ4n) is 4.46. The number of methoxy groups -OCH3 is 1. The molecule has 8 heteroatoms. The number of rotatable bonds is 6. The Hall–Kier alpha value is -3.23. The maximum atomic E-state index is 13.4. The summed E-state index contributed by atoms with van der Waals surface area (Å²) < 4.78 is 33.0. The number of pyridine rings is 1. The van der Waals surface area contributed by atoms with E-state index in [4.69, 9.17) is 4.74 Å². The normalized spacial score (nSPS) is 15.8. The van der Waals surface area contributed by atoms with E-state index in [1.165, 1.54) is 31.0 Å². The molecule has 0 fully saturated rings. The fraction of sp³-hybridized carbons (Fsp3) is 0.280. The van der Waals surface area contributed by atoms with Gasteiger partial charge < -0.3 is 4.74 Å². The standard InChI is InChI=1S/C25H27N3O4S/c1-16-11-17(2)22(18(3)12-16)15-28-14-19-7-5-6-8-21(19)24(28)25(29)27-33(30,31)20-9-10-23(32-4)26-13-20/h5-13,24H,14-15H2,1-4H3,(H,27,29). The number of hydrogen-bond donors (Lipinski definition) is 1. The lowest BCUT2D eigenvalue weighted by Crippen LogP contribution is -2.40. The minimum Gasteiger partial charge on any atom is -0.481 e. The largest absolute Gasteiger partial charge is 0.481 e. The Morgan fingerprint density at radius 2 is 1.82 bits per heavy atom. The van der Waals surface area contributed by atoms with Gasteiger partial charge in [-0.3, -0.25) is 9.69 Å². The van der Waals surface area contributed by atoms with Crippen LogP contribution in [0.15, 0.2) is 59.6 Å². The van der Waals surface area contributed by atoms with Gasteiger partial charge in [0.1, 0.15) is 10.9 Å². The zero-order chi connectivity index (χ0) is 23.8. The molecule has 0 spiro atoms. The lowest BCUT2D eigenvalue weighted by Gasteiger charge is -2.26. The van der Waals surface area contributed by atoms with Gasteiger partial charge in [-0.2, -0.15) is 0 Å². The molecule has 4 rings (SSSR count). The summed E-state index contributed by atoms with van der Waals surface area (Å²) in [6, 6.07) is 14.0. The molecule has 1 atom stereocenters. The summed E-state index contributed by atoms with van der Waals surface area (Å²) in [6.07, 6.45) is 1.17. The number of carbonyl (C=O) groups excluding carboxylic acids is 1. The van der Waals surface area contributed by atoms with Crippen molar-refractivity contribution in [3.63, 3.8) is 0 Å². The van der Waals surface area contributed by atoms with Gasteiger partial charge in [-0.25, -0.2) is 18.1 Å². The van der Waals surface area contributed by atoms with Crippen molar-refractivity contribution in [1.82, 2.24) is 14.6 Å². The first-order valence-electron chi connectivity index (χ1n) is 10.6. The number of sulfonamides is 1. The van der Waals surface area contributed by atoms with Crippen molar-refractivity contribution in [1.29, 1.82) is 0 Å². The molecule has 2 heterocycles. The van der Waals surface area contributed by atoms with E-state index in [1.54, 1.807) is 0 Å². The van der Waals surface area contributed by atoms with E-state index in [1.807, 2.05) is 29.2 Å². The molecule has 1 aliphatic heterocycles. The monoisotopic (exact) mass is 465 g/mol. The van der Waals surface area contributed by atoms with Crippen molar-refractivity contribution in [2.24, 2.45) is 0 Å². The molecule has 1 aromatic heterocycles. The predicted molar refractivity (Wildman–Crippen MR) is 125 cm³/mol. The average Bonchev–Trinajstić information content (AvgIpc) is 3.14. The van der Waals surface area contributed by atoms with E-state index >= 15 is 0 Å². The molecule has 0 aliphatic carbocycles. The van der Waals surface area contributed by atoms with Crippen LogP contribution in [0, 0.1) is 20.8 Å². The highest BCUT2D eigenvalue weighted by molar-refractivity contribution is 7.90. The van der Waals surface area contributed by atoms with Crippen LogP contribution in [0.2, 0.25) is 0 Å². The average molecular weight is 466 g/mol. The summed E-state index contributed by atoms with van der Waals surface area (Å²) in [4.78, 5) is 19.2. The number of nitrogens with one attached hydrogen (secondary N) is 1. The number of nitrogens with zero attached hydrogens (tertiary/aromatic N) is 2. The first kappa shape index (κ1) is 22.9. The smallest absolute Gasteiger partial charge is 0.265 e. The Labute approximate surface area is 194 Å². The number of carbonyl (C=O) groups is 1. The van der Waals surface area contributed by atoms with Gasteiger partial charge >= 0.3 is 0 Å². The number of aromatic nitrogens is 1. The number of fused-ring (bicyclic) bond motifs is 1. The summed E-state index contributed by atoms with van der Waals surface area (Å²) in [7, 11) is -2.64. The summed E-state index contributed by atoms with van der Waals surface area (Å²) in [5.74, 6) is -0.293. The molecule has 1 N–H and O–H groups in total. The van der Waals surface area contributed by atoms with Crippen LogP contribution in [0.4, 0.5) is 0 Å². The first-order valence-corrected chi connectivity index (χ1v) is 12.1. The van der Waals surface area contributed by atoms with Crippen molar-refractivity contribution in [2.45, 2.75) is 44.8 Å². The van der Waals surface area contributed by atoms with Crippen LogP contribution < -0.4 is 9.46 Å². The molecular weight excluding hydrogens is 438 g/mol. The molecule has 1 amide bonds. The molecule has 1 aliphatic rings. The zero-order valence-corrected chi connectivity index (χ0v) is 19.9. The first-order chi connectivity index (χ1) is 15.7. The Balaban J connectivity index is 1.64. The fourth-order valence-corrected chi connectivity index (χ4v) is 5.39. The molecule has 0 bridgehead atoms. The minimum atomic E-state index is -4.09. The van der Waals surface area contributed by atoms with Crippen molar-refractivity contribution in [2.75, 3.05) is 7.11 Å². The summed E-state index contributed by atoms with van der Waals surface area (Å²) in [6.45, 7) is 7.29. The van der Waals surface area contributed by atoms with E-state index in [9.17, 15) is 13.2 Å². The second-order valence-electron chi connectivity index (χ2n) is 8.39. The molecule has 33 heavy (non-hydrogen) atoms. The molecule has 3 aromatic rings. The van der Waals surface area contributed by atoms with Crippen molar-refractivity contribution < 1.29 is 17.9 Å². The van der Waals surface area contributed by atoms with Crippen LogP contribution in [0.5, 0.6) is 5.88 Å². The third-order valence-electron chi connectivity index (χ3n) is 6.00. The predicted octanol–water partition coefficient (Wildman–Crippen LogP) is 3.58. The number of amides is 1. The number of benzene rings is 2. The third kappa shape index (κ3) is 4.62. The Morgan fingerprint density at radius 1 is 1.12 bits per heavy atom. The van der Waals surface area contributed by atoms with Crippen molar-refractivity contribution in [3.05, 3.63) is 88.1 Å². The Morgan fingerprint density at radius 3 is 2.45 bits per heavy atom. The molecule has 7 nitrogen and oxygen atoms in total. The van der Waals surface area contributed by atoms with Gasteiger partial charge in [-0.15, -0.1) is 0 Å². The molecule has 172 valence electrons. The van der Waals surface area contributed by atoms with Crippen LogP contribution in [0.3, 0.4) is 0 Å². The van der Waals surface area contributed by atoms with Gasteiger partial charge in [0, 0.05) is 19.2 Å². The highest BCUT2D eigenvalue weighted by Gasteiger charge is 2.37. The highest BCUT2D eigenvalue weighted by Crippen LogP contribution is 2.36. The summed E-state index contributed by atoms with van der Waals surface area (Å²) in [5, 5.41) is 0. The van der Waals surface area contributed by atoms with Gasteiger partial charge in [0.2, 0.25) is 5.88 Å². The second-order valence-corrected chi connectivity index (χ2v) is 10.1. The van der Waals surface area contributed by atoms with Crippen LogP contribution in [0.1, 0.15) is 39.4 Å². The van der Waals surface area contributed by atoms with Crippen LogP contribution in [-0.2, 0) is 27.9 Å². The summed E-state index contributed by atoms with van der Waals surface area (Å²) in [5.41, 5.74) is 6.48. The lowest BCUT2D eigenvalue weighted by atomic mass is 9.99. The van der Waals surface area contributed by atoms with Crippen LogP contribution >= 0.6 is 0 Å². The second kappa shape index (κ2) is 8.96. The van der Waals surface area contributed by atoms with Gasteiger partial charge in [-0.05, 0) is 54.7 Å². The molecule has 1 unspecified atom stereocenters. The Kier molecular flexibility index (Phi) is 6.23. The molecule has 2 aromatic carbocycles. The van der Waals surface area contributed by atoms with E-state index in [0.717, 1.165) is 27.8 Å². The van der Waals surface area contributed by atoms with Crippen LogP contribution in [0.25, 0.3) is 0 Å². The van der Waals surface area contributed by atoms with E-state index in [0.29, 0.717) is 19.0 Å². The van der Waals surface area contributed by atoms with Crippen LogP contribution in [-0.4, -0.2) is 31.3 Å². The van der Waals surface area contributed by atoms with Crippen molar-refractivity contribution in [3.8, 4) is 5.88 Å². The molecule has 0 saturated carbocycles. The number of hydrogen-bond acceptors (Lipinski definition) is 6. The van der Waals surface area contributed by atoms with Gasteiger partial charge in [0.05, 0.1) is 13.3 Å². The SMILES string of the molecule is COc1ccc(S(=O)(=O)NC(=O)C2c3ccccc3CN2Cc2c(C)cc(C)cc2C)cn1.